The highest BCUT2D eigenvalue weighted by Gasteiger charge is 2.26. The van der Waals surface area contributed by atoms with E-state index in [1.807, 2.05) is 0 Å². The Balaban J connectivity index is 1.65. The van der Waals surface area contributed by atoms with Gasteiger partial charge in [0.1, 0.15) is 0 Å². The van der Waals surface area contributed by atoms with Gasteiger partial charge in [0.2, 0.25) is 5.91 Å². The van der Waals surface area contributed by atoms with Gasteiger partial charge in [0.15, 0.2) is 0 Å². The fourth-order valence-corrected chi connectivity index (χ4v) is 3.42. The maximum Gasteiger partial charge on any atom is 0.269 e. The Hall–Kier alpha value is -2.94. The van der Waals surface area contributed by atoms with Crippen LogP contribution in [0.2, 0.25) is 0 Å². The minimum atomic E-state index is -0.472. The molecule has 1 amide bonds. The lowest BCUT2D eigenvalue weighted by Crippen LogP contribution is -2.30. The highest BCUT2D eigenvalue weighted by Crippen LogP contribution is 2.32. The molecule has 0 spiro atoms. The third kappa shape index (κ3) is 3.61. The number of carbonyl (C=O) groups is 1. The van der Waals surface area contributed by atoms with Gasteiger partial charge in [-0.15, -0.1) is 11.8 Å². The summed E-state index contributed by atoms with van der Waals surface area (Å²) in [6, 6.07) is 10.5. The van der Waals surface area contributed by atoms with Gasteiger partial charge in [-0.25, -0.2) is 0 Å². The third-order valence-electron chi connectivity index (χ3n) is 3.88. The fourth-order valence-electron chi connectivity index (χ4n) is 2.65. The highest BCUT2D eigenvalue weighted by molar-refractivity contribution is 8.00. The van der Waals surface area contributed by atoms with Gasteiger partial charge < -0.3 is 4.90 Å². The van der Waals surface area contributed by atoms with E-state index in [0.717, 1.165) is 10.5 Å². The van der Waals surface area contributed by atoms with E-state index in [4.69, 9.17) is 0 Å². The highest BCUT2D eigenvalue weighted by atomic mass is 32.2. The molecule has 0 saturated heterocycles. The van der Waals surface area contributed by atoms with Crippen molar-refractivity contribution in [3.8, 4) is 0 Å². The normalized spacial score (nSPS) is 12.7. The lowest BCUT2D eigenvalue weighted by molar-refractivity contribution is -0.385. The Morgan fingerprint density at radius 1 is 1.04 bits per heavy atom. The van der Waals surface area contributed by atoms with Gasteiger partial charge >= 0.3 is 0 Å². The van der Waals surface area contributed by atoms with Crippen LogP contribution in [0.15, 0.2) is 47.4 Å². The SMILES string of the molecule is O=C(CSc1ccc([N+](=O)[O-])cc1)N1CCc2cc([N+](=O)[O-])ccc21. The minimum Gasteiger partial charge on any atom is -0.311 e. The summed E-state index contributed by atoms with van der Waals surface area (Å²) in [4.78, 5) is 35.4. The molecular weight excluding hydrogens is 346 g/mol. The van der Waals surface area contributed by atoms with Crippen molar-refractivity contribution in [1.29, 1.82) is 0 Å². The van der Waals surface area contributed by atoms with Gasteiger partial charge in [-0.05, 0) is 30.2 Å². The molecule has 128 valence electrons. The lowest BCUT2D eigenvalue weighted by Gasteiger charge is -2.17. The largest absolute Gasteiger partial charge is 0.311 e. The molecule has 1 heterocycles. The van der Waals surface area contributed by atoms with Gasteiger partial charge in [-0.2, -0.15) is 0 Å². The van der Waals surface area contributed by atoms with E-state index in [9.17, 15) is 25.0 Å². The van der Waals surface area contributed by atoms with E-state index < -0.39 is 9.85 Å². The lowest BCUT2D eigenvalue weighted by atomic mass is 10.1. The molecule has 0 bridgehead atoms. The monoisotopic (exact) mass is 359 g/mol. The molecule has 25 heavy (non-hydrogen) atoms. The molecule has 2 aromatic rings. The fraction of sp³-hybridized carbons (Fsp3) is 0.188. The summed E-state index contributed by atoms with van der Waals surface area (Å²) in [6.07, 6.45) is 0.588. The smallest absolute Gasteiger partial charge is 0.269 e. The average molecular weight is 359 g/mol. The number of hydrogen-bond acceptors (Lipinski definition) is 6. The van der Waals surface area contributed by atoms with Gasteiger partial charge in [0.05, 0.1) is 15.6 Å². The Labute approximate surface area is 146 Å². The first-order valence-electron chi connectivity index (χ1n) is 7.40. The molecule has 1 aliphatic heterocycles. The molecule has 0 radical (unpaired) electrons. The Morgan fingerprint density at radius 3 is 2.32 bits per heavy atom. The Kier molecular flexibility index (Phi) is 4.66. The molecule has 0 atom stereocenters. The summed E-state index contributed by atoms with van der Waals surface area (Å²) in [5.74, 6) is 0.0878. The maximum atomic E-state index is 12.4. The number of fused-ring (bicyclic) bond motifs is 1. The predicted octanol–water partition coefficient (Wildman–Crippen LogP) is 3.18. The minimum absolute atomic E-state index is 0.00532. The van der Waals surface area contributed by atoms with Crippen LogP contribution in [0.1, 0.15) is 5.56 Å². The van der Waals surface area contributed by atoms with Gasteiger partial charge in [-0.3, -0.25) is 25.0 Å². The van der Waals surface area contributed by atoms with Crippen molar-refractivity contribution < 1.29 is 14.6 Å². The standard InChI is InChI=1S/C16H13N3O5S/c20-16(10-25-14-4-1-12(2-5-14)18(21)22)17-8-7-11-9-13(19(23)24)3-6-15(11)17/h1-6,9H,7-8,10H2. The third-order valence-corrected chi connectivity index (χ3v) is 4.88. The molecule has 0 fully saturated rings. The van der Waals surface area contributed by atoms with Crippen molar-refractivity contribution in [2.24, 2.45) is 0 Å². The molecule has 0 aliphatic carbocycles. The molecule has 2 aromatic carbocycles. The first kappa shape index (κ1) is 16.9. The molecule has 3 rings (SSSR count). The topological polar surface area (TPSA) is 107 Å². The van der Waals surface area contributed by atoms with Crippen molar-refractivity contribution in [3.63, 3.8) is 0 Å². The van der Waals surface area contributed by atoms with Crippen molar-refractivity contribution in [2.75, 3.05) is 17.2 Å². The van der Waals surface area contributed by atoms with E-state index in [-0.39, 0.29) is 23.0 Å². The van der Waals surface area contributed by atoms with Crippen LogP contribution < -0.4 is 4.90 Å². The number of nitro groups is 2. The summed E-state index contributed by atoms with van der Waals surface area (Å²) >= 11 is 1.30. The summed E-state index contributed by atoms with van der Waals surface area (Å²) in [6.45, 7) is 0.496. The molecule has 0 saturated carbocycles. The van der Waals surface area contributed by atoms with Crippen molar-refractivity contribution in [2.45, 2.75) is 11.3 Å². The van der Waals surface area contributed by atoms with Crippen molar-refractivity contribution >= 4 is 34.7 Å². The van der Waals surface area contributed by atoms with Crippen LogP contribution in [-0.4, -0.2) is 28.1 Å². The van der Waals surface area contributed by atoms with Crippen molar-refractivity contribution in [3.05, 3.63) is 68.3 Å². The van der Waals surface area contributed by atoms with Crippen molar-refractivity contribution in [1.82, 2.24) is 0 Å². The van der Waals surface area contributed by atoms with E-state index >= 15 is 0 Å². The summed E-state index contributed by atoms with van der Waals surface area (Å²) in [5, 5.41) is 21.5. The second kappa shape index (κ2) is 6.89. The molecule has 9 heteroatoms. The van der Waals surface area contributed by atoms with Gasteiger partial charge in [-0.1, -0.05) is 0 Å². The van der Waals surface area contributed by atoms with Gasteiger partial charge in [0.25, 0.3) is 11.4 Å². The van der Waals surface area contributed by atoms with Gasteiger partial charge in [0, 0.05) is 41.4 Å². The Morgan fingerprint density at radius 2 is 1.68 bits per heavy atom. The van der Waals surface area contributed by atoms with Crippen LogP contribution in [0.5, 0.6) is 0 Å². The second-order valence-corrected chi connectivity index (χ2v) is 6.45. The molecule has 0 N–H and O–H groups in total. The second-order valence-electron chi connectivity index (χ2n) is 5.41. The number of benzene rings is 2. The van der Waals surface area contributed by atoms with Crippen LogP contribution >= 0.6 is 11.8 Å². The molecule has 8 nitrogen and oxygen atoms in total. The van der Waals surface area contributed by atoms with Crippen LogP contribution in [0.25, 0.3) is 0 Å². The first-order valence-corrected chi connectivity index (χ1v) is 8.39. The quantitative estimate of drug-likeness (QED) is 0.461. The zero-order chi connectivity index (χ0) is 18.0. The first-order chi connectivity index (χ1) is 12.0. The molecular formula is C16H13N3O5S. The summed E-state index contributed by atoms with van der Waals surface area (Å²) in [5.41, 5.74) is 1.53. The van der Waals surface area contributed by atoms with E-state index in [0.29, 0.717) is 18.7 Å². The number of anilines is 1. The number of thioether (sulfide) groups is 1. The molecule has 1 aliphatic rings. The Bertz CT molecular complexity index is 853. The van der Waals surface area contributed by atoms with E-state index in [1.54, 1.807) is 23.1 Å². The zero-order valence-electron chi connectivity index (χ0n) is 13.0. The number of nitro benzene ring substituents is 2. The van der Waals surface area contributed by atoms with Crippen LogP contribution in [0.3, 0.4) is 0 Å². The average Bonchev–Trinajstić information content (AvgIpc) is 3.03. The number of non-ortho nitro benzene ring substituents is 2. The van der Waals surface area contributed by atoms with Crippen LogP contribution in [-0.2, 0) is 11.2 Å². The zero-order valence-corrected chi connectivity index (χ0v) is 13.8. The number of amides is 1. The van der Waals surface area contributed by atoms with E-state index in [2.05, 4.69) is 0 Å². The number of hydrogen-bond donors (Lipinski definition) is 0. The summed E-state index contributed by atoms with van der Waals surface area (Å²) in [7, 11) is 0. The summed E-state index contributed by atoms with van der Waals surface area (Å²) < 4.78 is 0. The van der Waals surface area contributed by atoms with Crippen LogP contribution in [0.4, 0.5) is 17.1 Å². The molecule has 0 aromatic heterocycles. The predicted molar refractivity (Wildman–Crippen MR) is 93.0 cm³/mol. The number of nitrogens with zero attached hydrogens (tertiary/aromatic N) is 3. The number of rotatable bonds is 5. The molecule has 0 unspecified atom stereocenters. The maximum absolute atomic E-state index is 12.4. The van der Waals surface area contributed by atoms with E-state index in [1.165, 1.54) is 36.0 Å². The van der Waals surface area contributed by atoms with Crippen LogP contribution in [0, 0.1) is 20.2 Å². The number of carbonyl (C=O) groups excluding carboxylic acids is 1.